The van der Waals surface area contributed by atoms with Crippen molar-refractivity contribution in [1.82, 2.24) is 5.32 Å². The van der Waals surface area contributed by atoms with Crippen LogP contribution in [0, 0.1) is 5.92 Å². The molecular formula is C10H15NO3Se. The van der Waals surface area contributed by atoms with Crippen LogP contribution < -0.4 is 5.32 Å². The molecular weight excluding hydrogens is 261 g/mol. The van der Waals surface area contributed by atoms with Gasteiger partial charge in [-0.05, 0) is 0 Å². The van der Waals surface area contributed by atoms with Crippen LogP contribution in [-0.2, 0) is 8.63 Å². The molecule has 4 nitrogen and oxygen atoms in total. The van der Waals surface area contributed by atoms with Gasteiger partial charge in [-0.1, -0.05) is 0 Å². The normalized spacial score (nSPS) is 40.6. The number of hydrogen-bond acceptors (Lipinski definition) is 3. The van der Waals surface area contributed by atoms with Gasteiger partial charge in [0, 0.05) is 0 Å². The minimum absolute atomic E-state index is 0.0574. The van der Waals surface area contributed by atoms with Gasteiger partial charge in [0.2, 0.25) is 0 Å². The van der Waals surface area contributed by atoms with E-state index < -0.39 is 24.3 Å². The van der Waals surface area contributed by atoms with Crippen LogP contribution in [0.3, 0.4) is 0 Å². The molecule has 1 amide bonds. The molecule has 0 radical (unpaired) electrons. The van der Waals surface area contributed by atoms with Gasteiger partial charge in [-0.25, -0.2) is 0 Å². The van der Waals surface area contributed by atoms with Crippen molar-refractivity contribution in [3.8, 4) is 0 Å². The Morgan fingerprint density at radius 3 is 2.60 bits per heavy atom. The van der Waals surface area contributed by atoms with Gasteiger partial charge in [0.15, 0.2) is 0 Å². The Morgan fingerprint density at radius 2 is 2.20 bits per heavy atom. The van der Waals surface area contributed by atoms with E-state index in [1.165, 1.54) is 0 Å². The first-order valence-corrected chi connectivity index (χ1v) is 7.55. The number of aliphatic hydroxyl groups is 1. The van der Waals surface area contributed by atoms with Crippen molar-refractivity contribution in [2.75, 3.05) is 0 Å². The number of β-lactam (4-membered cyclic amide) rings is 1. The molecule has 5 heteroatoms. The summed E-state index contributed by atoms with van der Waals surface area (Å²) < 4.78 is 11.0. The maximum absolute atomic E-state index is 12.0. The summed E-state index contributed by atoms with van der Waals surface area (Å²) in [4.78, 5) is 13.3. The van der Waals surface area contributed by atoms with Crippen LogP contribution in [0.1, 0.15) is 20.8 Å². The van der Waals surface area contributed by atoms with E-state index in [0.29, 0.717) is 0 Å². The van der Waals surface area contributed by atoms with Crippen molar-refractivity contribution in [3.63, 3.8) is 0 Å². The molecule has 0 aliphatic carbocycles. The topological polar surface area (TPSA) is 66.4 Å². The number of amides is 1. The van der Waals surface area contributed by atoms with Crippen LogP contribution in [0.15, 0.2) is 10.5 Å². The van der Waals surface area contributed by atoms with E-state index in [0.717, 1.165) is 5.57 Å². The number of nitrogens with one attached hydrogen (secondary N) is 1. The molecule has 1 unspecified atom stereocenters. The summed E-state index contributed by atoms with van der Waals surface area (Å²) in [5.74, 6) is -0.306. The van der Waals surface area contributed by atoms with E-state index in [2.05, 4.69) is 5.32 Å². The third-order valence-electron chi connectivity index (χ3n) is 3.21. The van der Waals surface area contributed by atoms with E-state index in [1.54, 1.807) is 4.97 Å². The van der Waals surface area contributed by atoms with Crippen molar-refractivity contribution >= 4 is 19.7 Å². The Balaban J connectivity index is 2.42. The first-order chi connectivity index (χ1) is 6.92. The number of rotatable bonds is 2. The summed E-state index contributed by atoms with van der Waals surface area (Å²) in [6, 6.07) is -0.204. The monoisotopic (exact) mass is 277 g/mol. The first kappa shape index (κ1) is 11.0. The summed E-state index contributed by atoms with van der Waals surface area (Å²) in [5, 5.41) is 12.8. The predicted molar refractivity (Wildman–Crippen MR) is 55.7 cm³/mol. The van der Waals surface area contributed by atoms with Crippen molar-refractivity contribution in [2.45, 2.75) is 37.2 Å². The van der Waals surface area contributed by atoms with Gasteiger partial charge in [-0.15, -0.1) is 0 Å². The zero-order valence-electron chi connectivity index (χ0n) is 8.98. The van der Waals surface area contributed by atoms with Crippen LogP contribution in [-0.4, -0.2) is 37.0 Å². The Labute approximate surface area is 92.8 Å². The Bertz CT molecular complexity index is 377. The molecule has 4 atom stereocenters. The van der Waals surface area contributed by atoms with Crippen molar-refractivity contribution < 1.29 is 13.7 Å². The molecule has 0 aromatic carbocycles. The predicted octanol–water partition coefficient (Wildman–Crippen LogP) is 0.163. The molecule has 0 bridgehead atoms. The van der Waals surface area contributed by atoms with Crippen molar-refractivity contribution in [2.24, 2.45) is 5.92 Å². The number of fused-ring (bicyclic) bond motifs is 1. The average Bonchev–Trinajstić information content (AvgIpc) is 2.32. The summed E-state index contributed by atoms with van der Waals surface area (Å²) in [6.45, 7) is 5.54. The number of carbonyl (C=O) groups excluding carboxylic acids is 1. The van der Waals surface area contributed by atoms with Crippen LogP contribution in [0.2, 0.25) is 4.31 Å². The molecule has 84 valence electrons. The van der Waals surface area contributed by atoms with E-state index in [9.17, 15) is 13.7 Å². The zero-order valence-corrected chi connectivity index (χ0v) is 10.7. The molecule has 15 heavy (non-hydrogen) atoms. The fourth-order valence-electron chi connectivity index (χ4n) is 2.32. The van der Waals surface area contributed by atoms with E-state index >= 15 is 0 Å². The molecule has 2 heterocycles. The Kier molecular flexibility index (Phi) is 2.37. The third kappa shape index (κ3) is 1.14. The molecule has 1 saturated heterocycles. The number of aliphatic hydroxyl groups excluding tert-OH is 1. The molecule has 0 aromatic rings. The van der Waals surface area contributed by atoms with Crippen LogP contribution in [0.5, 0.6) is 0 Å². The van der Waals surface area contributed by atoms with Crippen molar-refractivity contribution in [1.29, 1.82) is 0 Å². The van der Waals surface area contributed by atoms with Gasteiger partial charge in [-0.3, -0.25) is 0 Å². The summed E-state index contributed by atoms with van der Waals surface area (Å²) in [7, 11) is 0. The second-order valence-corrected chi connectivity index (χ2v) is 7.71. The van der Waals surface area contributed by atoms with Crippen LogP contribution >= 0.6 is 0 Å². The van der Waals surface area contributed by atoms with Gasteiger partial charge in [-0.2, -0.15) is 0 Å². The van der Waals surface area contributed by atoms with Crippen LogP contribution in [0.4, 0.5) is 0 Å². The standard InChI is InChI=1S/C10H15NO3Se/c1-5(2)8(12)10-7(11-9(10)13)6(3)4-15(10)14/h4-5,7-8,12H,1-3H3,(H,11,13)/t7-,8-,10-,15?/m0/s1. The quantitative estimate of drug-likeness (QED) is 0.558. The summed E-state index contributed by atoms with van der Waals surface area (Å²) in [5.41, 5.74) is 0.925. The molecule has 2 aliphatic heterocycles. The first-order valence-electron chi connectivity index (χ1n) is 5.00. The fraction of sp³-hybridized carbons (Fsp3) is 0.700. The fourth-order valence-corrected chi connectivity index (χ4v) is 6.30. The second kappa shape index (κ2) is 3.24. The molecule has 0 saturated carbocycles. The molecule has 0 aromatic heterocycles. The molecule has 2 rings (SSSR count). The zero-order chi connectivity index (χ0) is 11.4. The van der Waals surface area contributed by atoms with Gasteiger partial charge < -0.3 is 0 Å². The van der Waals surface area contributed by atoms with E-state index in [4.69, 9.17) is 0 Å². The minimum atomic E-state index is -2.41. The maximum atomic E-state index is 12.0. The third-order valence-corrected chi connectivity index (χ3v) is 7.23. The molecule has 0 spiro atoms. The van der Waals surface area contributed by atoms with Gasteiger partial charge in [0.1, 0.15) is 0 Å². The molecule has 1 fully saturated rings. The van der Waals surface area contributed by atoms with Gasteiger partial charge in [0.05, 0.1) is 0 Å². The molecule has 2 aliphatic rings. The second-order valence-electron chi connectivity index (χ2n) is 4.55. The Morgan fingerprint density at radius 1 is 1.60 bits per heavy atom. The average molecular weight is 276 g/mol. The SMILES string of the molecule is CC1=C[Se](=O)[C@@]2([C@@H](O)C(C)C)C(=O)N[C@@H]12. The Hall–Kier alpha value is -0.511. The number of carbonyl (C=O) groups is 1. The number of hydrogen-bond donors (Lipinski definition) is 2. The van der Waals surface area contributed by atoms with Crippen molar-refractivity contribution in [3.05, 3.63) is 10.5 Å². The van der Waals surface area contributed by atoms with E-state index in [1.807, 2.05) is 20.8 Å². The van der Waals surface area contributed by atoms with Gasteiger partial charge in [0.25, 0.3) is 0 Å². The summed E-state index contributed by atoms with van der Waals surface area (Å²) in [6.07, 6.45) is -0.813. The summed E-state index contributed by atoms with van der Waals surface area (Å²) >= 11 is -2.41. The van der Waals surface area contributed by atoms with E-state index in [-0.39, 0.29) is 17.9 Å². The van der Waals surface area contributed by atoms with Gasteiger partial charge >= 0.3 is 92.5 Å². The molecule has 2 N–H and O–H groups in total. The van der Waals surface area contributed by atoms with Crippen LogP contribution in [0.25, 0.3) is 0 Å².